The Kier molecular flexibility index (Phi) is 5.97. The average molecular weight is 489 g/mol. The standard InChI is InChI=1S/C27H25FN4O4/c1-3-29-22-20-24-26(36-14-15(2)32(24)13-18(25(20)33)27(34)35)23(21(22)28)31-12-11-30-19-10-6-8-16-7-4-5-9-17(16)19/h3-10,13,15,29-31H,1,11-12,14H2,2H3,(H,34,35). The molecule has 1 aliphatic rings. The lowest BCUT2D eigenvalue weighted by atomic mass is 10.0. The van der Waals surface area contributed by atoms with Crippen LogP contribution in [0.25, 0.3) is 21.7 Å². The molecule has 0 saturated carbocycles. The molecule has 5 rings (SSSR count). The quantitative estimate of drug-likeness (QED) is 0.258. The van der Waals surface area contributed by atoms with Gasteiger partial charge in [0.2, 0.25) is 5.43 Å². The van der Waals surface area contributed by atoms with Gasteiger partial charge in [0, 0.05) is 30.4 Å². The Balaban J connectivity index is 1.53. The number of carbonyl (C=O) groups is 1. The number of anilines is 3. The minimum absolute atomic E-state index is 0.0896. The molecule has 4 aromatic rings. The molecular weight excluding hydrogens is 463 g/mol. The van der Waals surface area contributed by atoms with Crippen LogP contribution in [-0.2, 0) is 0 Å². The lowest BCUT2D eigenvalue weighted by molar-refractivity contribution is 0.0694. The molecule has 0 saturated heterocycles. The van der Waals surface area contributed by atoms with Crippen LogP contribution in [0, 0.1) is 5.82 Å². The Hall–Kier alpha value is -4.53. The third-order valence-electron chi connectivity index (χ3n) is 6.32. The van der Waals surface area contributed by atoms with Gasteiger partial charge in [-0.15, -0.1) is 0 Å². The highest BCUT2D eigenvalue weighted by atomic mass is 19.1. The third kappa shape index (κ3) is 3.78. The summed E-state index contributed by atoms with van der Waals surface area (Å²) in [7, 11) is 0. The Labute approximate surface area is 206 Å². The predicted octanol–water partition coefficient (Wildman–Crippen LogP) is 5.02. The lowest BCUT2D eigenvalue weighted by Gasteiger charge is -2.30. The molecule has 0 fully saturated rings. The van der Waals surface area contributed by atoms with E-state index >= 15 is 4.39 Å². The topological polar surface area (TPSA) is 105 Å². The second-order valence-electron chi connectivity index (χ2n) is 8.59. The van der Waals surface area contributed by atoms with Gasteiger partial charge in [0.1, 0.15) is 17.9 Å². The van der Waals surface area contributed by atoms with Crippen LogP contribution >= 0.6 is 0 Å². The van der Waals surface area contributed by atoms with E-state index in [-0.39, 0.29) is 35.2 Å². The largest absolute Gasteiger partial charge is 0.487 e. The first kappa shape index (κ1) is 23.2. The van der Waals surface area contributed by atoms with Gasteiger partial charge in [-0.2, -0.15) is 0 Å². The minimum atomic E-state index is -1.38. The third-order valence-corrected chi connectivity index (χ3v) is 6.32. The van der Waals surface area contributed by atoms with Crippen LogP contribution in [-0.4, -0.2) is 35.3 Å². The van der Waals surface area contributed by atoms with Crippen LogP contribution in [0.2, 0.25) is 0 Å². The van der Waals surface area contributed by atoms with E-state index in [9.17, 15) is 14.7 Å². The van der Waals surface area contributed by atoms with Gasteiger partial charge in [-0.25, -0.2) is 9.18 Å². The Morgan fingerprint density at radius 1 is 1.19 bits per heavy atom. The second kappa shape index (κ2) is 9.26. The summed E-state index contributed by atoms with van der Waals surface area (Å²) in [6, 6.07) is 13.8. The summed E-state index contributed by atoms with van der Waals surface area (Å²) in [5, 5.41) is 20.8. The number of rotatable bonds is 8. The fourth-order valence-corrected chi connectivity index (χ4v) is 4.63. The van der Waals surface area contributed by atoms with Crippen molar-refractivity contribution in [3.8, 4) is 5.75 Å². The van der Waals surface area contributed by atoms with E-state index in [4.69, 9.17) is 4.74 Å². The number of nitrogens with one attached hydrogen (secondary N) is 3. The molecule has 0 aliphatic carbocycles. The maximum atomic E-state index is 15.8. The molecule has 0 bridgehead atoms. The summed E-state index contributed by atoms with van der Waals surface area (Å²) in [6.45, 7) is 6.45. The molecule has 1 atom stereocenters. The van der Waals surface area contributed by atoms with Crippen LogP contribution in [0.5, 0.6) is 5.75 Å². The summed E-state index contributed by atoms with van der Waals surface area (Å²) in [5.41, 5.74) is 0.0136. The maximum Gasteiger partial charge on any atom is 0.341 e. The molecule has 184 valence electrons. The second-order valence-corrected chi connectivity index (χ2v) is 8.59. The van der Waals surface area contributed by atoms with E-state index in [1.54, 1.807) is 4.57 Å². The fourth-order valence-electron chi connectivity index (χ4n) is 4.63. The first-order valence-electron chi connectivity index (χ1n) is 11.6. The Morgan fingerprint density at radius 2 is 1.94 bits per heavy atom. The monoisotopic (exact) mass is 488 g/mol. The highest BCUT2D eigenvalue weighted by Crippen LogP contribution is 2.44. The van der Waals surface area contributed by atoms with Gasteiger partial charge < -0.3 is 30.4 Å². The number of aromatic nitrogens is 1. The van der Waals surface area contributed by atoms with Gasteiger partial charge in [0.15, 0.2) is 11.6 Å². The SMILES string of the molecule is C=CNc1c(F)c(NCCNc2cccc3ccccc23)c2c3c1c(=O)c(C(=O)O)cn3C(C)CO2. The molecule has 3 aromatic carbocycles. The number of halogens is 1. The lowest BCUT2D eigenvalue weighted by Crippen LogP contribution is -2.28. The maximum absolute atomic E-state index is 15.8. The smallest absolute Gasteiger partial charge is 0.341 e. The van der Waals surface area contributed by atoms with Gasteiger partial charge in [0.05, 0.1) is 22.6 Å². The molecule has 1 aliphatic heterocycles. The molecule has 8 nitrogen and oxygen atoms in total. The molecule has 36 heavy (non-hydrogen) atoms. The predicted molar refractivity (Wildman–Crippen MR) is 140 cm³/mol. The van der Waals surface area contributed by atoms with E-state index in [2.05, 4.69) is 22.5 Å². The first-order valence-corrected chi connectivity index (χ1v) is 11.6. The van der Waals surface area contributed by atoms with Crippen LogP contribution in [0.15, 0.2) is 66.2 Å². The molecule has 1 aromatic heterocycles. The highest BCUT2D eigenvalue weighted by molar-refractivity contribution is 6.04. The number of fused-ring (bicyclic) bond motifs is 1. The van der Waals surface area contributed by atoms with Gasteiger partial charge in [-0.1, -0.05) is 43.0 Å². The number of nitrogens with zero attached hydrogens (tertiary/aromatic N) is 1. The zero-order valence-corrected chi connectivity index (χ0v) is 19.6. The normalized spacial score (nSPS) is 14.3. The minimum Gasteiger partial charge on any atom is -0.487 e. The summed E-state index contributed by atoms with van der Waals surface area (Å²) in [6.07, 6.45) is 2.54. The number of aromatic carboxylic acids is 1. The zero-order valence-electron chi connectivity index (χ0n) is 19.6. The van der Waals surface area contributed by atoms with Crippen molar-refractivity contribution in [1.82, 2.24) is 4.57 Å². The van der Waals surface area contributed by atoms with Gasteiger partial charge in [0.25, 0.3) is 0 Å². The van der Waals surface area contributed by atoms with Crippen molar-refractivity contribution in [2.45, 2.75) is 13.0 Å². The fraction of sp³-hybridized carbons (Fsp3) is 0.185. The number of hydrogen-bond acceptors (Lipinski definition) is 6. The molecule has 2 heterocycles. The van der Waals surface area contributed by atoms with Crippen molar-refractivity contribution >= 4 is 44.7 Å². The van der Waals surface area contributed by atoms with Gasteiger partial charge >= 0.3 is 5.97 Å². The number of benzene rings is 3. The molecule has 0 spiro atoms. The van der Waals surface area contributed by atoms with Gasteiger partial charge in [-0.3, -0.25) is 4.79 Å². The van der Waals surface area contributed by atoms with Crippen molar-refractivity contribution in [1.29, 1.82) is 0 Å². The Morgan fingerprint density at radius 3 is 2.72 bits per heavy atom. The van der Waals surface area contributed by atoms with Crippen molar-refractivity contribution in [2.75, 3.05) is 35.6 Å². The van der Waals surface area contributed by atoms with Crippen LogP contribution in [0.3, 0.4) is 0 Å². The number of carboxylic acids is 1. The van der Waals surface area contributed by atoms with Crippen LogP contribution in [0.4, 0.5) is 21.5 Å². The van der Waals surface area contributed by atoms with Gasteiger partial charge in [-0.05, 0) is 24.6 Å². The Bertz CT molecular complexity index is 1580. The average Bonchev–Trinajstić information content (AvgIpc) is 2.87. The van der Waals surface area contributed by atoms with E-state index in [0.717, 1.165) is 16.5 Å². The van der Waals surface area contributed by atoms with E-state index in [0.29, 0.717) is 18.6 Å². The number of hydrogen-bond donors (Lipinski definition) is 4. The van der Waals surface area contributed by atoms with Crippen molar-refractivity contribution < 1.29 is 19.0 Å². The van der Waals surface area contributed by atoms with Crippen LogP contribution < -0.4 is 26.1 Å². The molecule has 9 heteroatoms. The molecule has 0 amide bonds. The van der Waals surface area contributed by atoms with E-state index in [1.165, 1.54) is 12.4 Å². The summed E-state index contributed by atoms with van der Waals surface area (Å²) in [4.78, 5) is 24.8. The number of ether oxygens (including phenoxy) is 1. The van der Waals surface area contributed by atoms with Crippen molar-refractivity contribution in [2.24, 2.45) is 0 Å². The molecule has 1 unspecified atom stereocenters. The van der Waals surface area contributed by atoms with Crippen LogP contribution in [0.1, 0.15) is 23.3 Å². The van der Waals surface area contributed by atoms with E-state index < -0.39 is 22.8 Å². The summed E-state index contributed by atoms with van der Waals surface area (Å²) in [5.74, 6) is -1.95. The molecule has 4 N–H and O–H groups in total. The highest BCUT2D eigenvalue weighted by Gasteiger charge is 2.31. The van der Waals surface area contributed by atoms with E-state index in [1.807, 2.05) is 49.4 Å². The van der Waals surface area contributed by atoms with Crippen molar-refractivity contribution in [3.63, 3.8) is 0 Å². The van der Waals surface area contributed by atoms with Crippen molar-refractivity contribution in [3.05, 3.63) is 83.0 Å². The molecular formula is C27H25FN4O4. The number of pyridine rings is 1. The number of carboxylic acid groups (broad SMARTS) is 1. The first-order chi connectivity index (χ1) is 17.4. The molecule has 0 radical (unpaired) electrons. The summed E-state index contributed by atoms with van der Waals surface area (Å²) < 4.78 is 23.3. The zero-order chi connectivity index (χ0) is 25.4. The summed E-state index contributed by atoms with van der Waals surface area (Å²) >= 11 is 0.